The zero-order chi connectivity index (χ0) is 19.5. The van der Waals surface area contributed by atoms with Gasteiger partial charge < -0.3 is 0 Å². The average Bonchev–Trinajstić information content (AvgIpc) is 2.97. The predicted molar refractivity (Wildman–Crippen MR) is 113 cm³/mol. The number of benzene rings is 2. The van der Waals surface area contributed by atoms with Crippen LogP contribution >= 0.6 is 17.0 Å². The third kappa shape index (κ3) is 5.57. The Balaban J connectivity index is 0.000000758. The third-order valence-corrected chi connectivity index (χ3v) is 4.62. The maximum absolute atomic E-state index is 4.93. The maximum atomic E-state index is 4.93. The Bertz CT molecular complexity index is 760. The van der Waals surface area contributed by atoms with Crippen LogP contribution in [0.1, 0.15) is 69.4 Å². The minimum atomic E-state index is -0.826. The molecule has 1 aliphatic carbocycles. The summed E-state index contributed by atoms with van der Waals surface area (Å²) in [5.41, 5.74) is 8.42. The van der Waals surface area contributed by atoms with E-state index in [4.69, 9.17) is 17.0 Å². The number of allylic oxidation sites excluding steroid dienone is 1. The van der Waals surface area contributed by atoms with Crippen LogP contribution in [-0.4, -0.2) is 0 Å². The summed E-state index contributed by atoms with van der Waals surface area (Å²) in [4.78, 5) is 0. The van der Waals surface area contributed by atoms with E-state index in [1.807, 2.05) is 0 Å². The van der Waals surface area contributed by atoms with Crippen molar-refractivity contribution in [3.63, 3.8) is 0 Å². The van der Waals surface area contributed by atoms with Gasteiger partial charge in [-0.25, -0.2) is 0 Å². The van der Waals surface area contributed by atoms with Crippen LogP contribution in [0.15, 0.2) is 42.5 Å². The summed E-state index contributed by atoms with van der Waals surface area (Å²) >= 11 is -0.826. The van der Waals surface area contributed by atoms with Gasteiger partial charge in [0.2, 0.25) is 0 Å². The number of rotatable bonds is 1. The number of fused-ring (bicyclic) bond motifs is 1. The first-order chi connectivity index (χ1) is 12.1. The summed E-state index contributed by atoms with van der Waals surface area (Å²) < 4.78 is 0. The standard InChI is InChI=1S/C23H27.2ClH.Zr/c1-22(2,3)20-13-19(14-21(15-20)23(4,5)6)18-11-16-9-7-8-10-17(16)12-18;;;/h7-15H,1-6H3;2*1H;/q;;;+2/p-2. The van der Waals surface area contributed by atoms with Crippen LogP contribution in [-0.2, 0) is 31.7 Å². The molecule has 2 aromatic rings. The Labute approximate surface area is 177 Å². The zero-order valence-electron chi connectivity index (χ0n) is 16.5. The second kappa shape index (κ2) is 8.77. The van der Waals surface area contributed by atoms with Crippen LogP contribution in [0.3, 0.4) is 0 Å². The molecule has 0 spiro atoms. The van der Waals surface area contributed by atoms with Gasteiger partial charge in [-0.1, -0.05) is 90.1 Å². The zero-order valence-corrected chi connectivity index (χ0v) is 20.4. The monoisotopic (exact) mass is 463 g/mol. The molecule has 3 heteroatoms. The molecule has 2 aromatic carbocycles. The van der Waals surface area contributed by atoms with E-state index in [2.05, 4.69) is 96.5 Å². The summed E-state index contributed by atoms with van der Waals surface area (Å²) in [6.45, 7) is 13.8. The van der Waals surface area contributed by atoms with E-state index in [0.717, 1.165) is 0 Å². The van der Waals surface area contributed by atoms with Crippen LogP contribution in [0.25, 0.3) is 11.6 Å². The van der Waals surface area contributed by atoms with Gasteiger partial charge in [-0.15, -0.1) is 0 Å². The van der Waals surface area contributed by atoms with Gasteiger partial charge in [0.1, 0.15) is 0 Å². The molecule has 0 amide bonds. The first kappa shape index (κ1) is 21.9. The summed E-state index contributed by atoms with van der Waals surface area (Å²) in [5.74, 6) is 0. The van der Waals surface area contributed by atoms with Crippen molar-refractivity contribution < 1.29 is 20.8 Å². The predicted octanol–water partition coefficient (Wildman–Crippen LogP) is 7.76. The van der Waals surface area contributed by atoms with Crippen LogP contribution in [0.2, 0.25) is 0 Å². The van der Waals surface area contributed by atoms with Crippen molar-refractivity contribution in [2.24, 2.45) is 0 Å². The molecule has 0 bridgehead atoms. The van der Waals surface area contributed by atoms with Gasteiger partial charge in [-0.05, 0) is 44.2 Å². The summed E-state index contributed by atoms with van der Waals surface area (Å²) in [6, 6.07) is 15.7. The van der Waals surface area contributed by atoms with Gasteiger partial charge >= 0.3 is 37.9 Å². The van der Waals surface area contributed by atoms with Gasteiger partial charge in [-0.2, -0.15) is 0 Å². The van der Waals surface area contributed by atoms with E-state index in [9.17, 15) is 0 Å². The second-order valence-corrected chi connectivity index (χ2v) is 12.5. The van der Waals surface area contributed by atoms with Gasteiger partial charge in [0.25, 0.3) is 0 Å². The second-order valence-electron chi connectivity index (χ2n) is 8.74. The molecule has 0 saturated heterocycles. The number of halogens is 2. The molecule has 1 aliphatic rings. The molecule has 137 valence electrons. The molecule has 26 heavy (non-hydrogen) atoms. The molecule has 0 aliphatic heterocycles. The fraction of sp³-hybridized carbons (Fsp3) is 0.348. The topological polar surface area (TPSA) is 0 Å². The number of hydrogen-bond acceptors (Lipinski definition) is 0. The van der Waals surface area contributed by atoms with Crippen LogP contribution < -0.4 is 0 Å². The summed E-state index contributed by atoms with van der Waals surface area (Å²) in [6.07, 6.45) is 4.62. The number of hydrogen-bond donors (Lipinski definition) is 0. The van der Waals surface area contributed by atoms with Crippen molar-refractivity contribution in [2.45, 2.75) is 52.4 Å². The molecule has 0 saturated carbocycles. The van der Waals surface area contributed by atoms with Gasteiger partial charge in [-0.3, -0.25) is 0 Å². The van der Waals surface area contributed by atoms with Crippen molar-refractivity contribution in [3.05, 3.63) is 76.7 Å². The average molecular weight is 466 g/mol. The van der Waals surface area contributed by atoms with E-state index in [0.29, 0.717) is 0 Å². The van der Waals surface area contributed by atoms with Crippen LogP contribution in [0.5, 0.6) is 0 Å². The molecule has 0 unspecified atom stereocenters. The molecule has 0 nitrogen and oxygen atoms in total. The van der Waals surface area contributed by atoms with Gasteiger partial charge in [0.15, 0.2) is 0 Å². The molecular formula is C23H27Cl2Zr. The third-order valence-electron chi connectivity index (χ3n) is 4.62. The van der Waals surface area contributed by atoms with Crippen molar-refractivity contribution in [2.75, 3.05) is 0 Å². The van der Waals surface area contributed by atoms with Gasteiger partial charge in [0.05, 0.1) is 0 Å². The van der Waals surface area contributed by atoms with Crippen LogP contribution in [0, 0.1) is 6.42 Å². The minimum absolute atomic E-state index is 0.155. The molecule has 0 heterocycles. The SMILES string of the molecule is CC(C)(C)c1cc(C2=Cc3ccccc3[CH]2)cc(C(C)(C)C)c1.[Cl][Zr][Cl]. The molecular weight excluding hydrogens is 438 g/mol. The Morgan fingerprint density at radius 1 is 0.731 bits per heavy atom. The molecule has 0 N–H and O–H groups in total. The first-order valence-corrected chi connectivity index (χ1v) is 15.2. The van der Waals surface area contributed by atoms with E-state index in [1.54, 1.807) is 0 Å². The Kier molecular flexibility index (Phi) is 7.40. The van der Waals surface area contributed by atoms with E-state index in [-0.39, 0.29) is 10.8 Å². The van der Waals surface area contributed by atoms with Crippen molar-refractivity contribution in [3.8, 4) is 0 Å². The Morgan fingerprint density at radius 3 is 1.62 bits per heavy atom. The van der Waals surface area contributed by atoms with Crippen molar-refractivity contribution in [1.82, 2.24) is 0 Å². The Morgan fingerprint density at radius 2 is 1.19 bits per heavy atom. The molecule has 1 radical (unpaired) electrons. The van der Waals surface area contributed by atoms with E-state index in [1.165, 1.54) is 33.4 Å². The fourth-order valence-electron chi connectivity index (χ4n) is 2.98. The first-order valence-electron chi connectivity index (χ1n) is 8.84. The van der Waals surface area contributed by atoms with Crippen molar-refractivity contribution in [1.29, 1.82) is 0 Å². The fourth-order valence-corrected chi connectivity index (χ4v) is 2.98. The van der Waals surface area contributed by atoms with Gasteiger partial charge in [0, 0.05) is 6.42 Å². The summed E-state index contributed by atoms with van der Waals surface area (Å²) in [5, 5.41) is 0. The molecule has 0 atom stereocenters. The summed E-state index contributed by atoms with van der Waals surface area (Å²) in [7, 11) is 9.87. The quantitative estimate of drug-likeness (QED) is 0.404. The molecule has 0 fully saturated rings. The molecule has 0 aromatic heterocycles. The molecule has 3 rings (SSSR count). The Hall–Kier alpha value is -0.357. The van der Waals surface area contributed by atoms with Crippen molar-refractivity contribution >= 4 is 28.7 Å². The van der Waals surface area contributed by atoms with E-state index >= 15 is 0 Å². The van der Waals surface area contributed by atoms with E-state index < -0.39 is 20.8 Å². The van der Waals surface area contributed by atoms with Crippen LogP contribution in [0.4, 0.5) is 0 Å². The normalized spacial score (nSPS) is 13.5.